The molecule has 0 unspecified atom stereocenters. The second-order valence-corrected chi connectivity index (χ2v) is 4.50. The fourth-order valence-corrected chi connectivity index (χ4v) is 2.30. The molecule has 0 saturated carbocycles. The first-order valence-electron chi connectivity index (χ1n) is 5.86. The lowest BCUT2D eigenvalue weighted by atomic mass is 9.97. The van der Waals surface area contributed by atoms with Crippen LogP contribution in [0.3, 0.4) is 0 Å². The molecule has 0 radical (unpaired) electrons. The Labute approximate surface area is 101 Å². The minimum absolute atomic E-state index is 0.800. The van der Waals surface area contributed by atoms with Crippen molar-refractivity contribution in [2.75, 3.05) is 12.3 Å². The van der Waals surface area contributed by atoms with Gasteiger partial charge in [-0.2, -0.15) is 0 Å². The number of ether oxygens (including phenoxy) is 1. The number of fused-ring (bicyclic) bond motifs is 1. The first-order valence-corrected chi connectivity index (χ1v) is 5.86. The third kappa shape index (κ3) is 1.76. The van der Waals surface area contributed by atoms with Crippen molar-refractivity contribution in [1.29, 1.82) is 0 Å². The molecule has 0 aliphatic carbocycles. The first kappa shape index (κ1) is 10.2. The Kier molecular flexibility index (Phi) is 2.29. The molecule has 0 bridgehead atoms. The molecule has 86 valence electrons. The SMILES string of the molecule is Cc1ccc(N)cc1-c1ccc2c(c1)CCO2. The summed E-state index contributed by atoms with van der Waals surface area (Å²) in [4.78, 5) is 0. The maximum absolute atomic E-state index is 5.85. The zero-order chi connectivity index (χ0) is 11.8. The Balaban J connectivity index is 2.12. The van der Waals surface area contributed by atoms with Crippen molar-refractivity contribution in [3.63, 3.8) is 0 Å². The molecule has 0 aromatic heterocycles. The predicted octanol–water partition coefficient (Wildman–Crippen LogP) is 3.18. The van der Waals surface area contributed by atoms with E-state index in [1.54, 1.807) is 0 Å². The van der Waals surface area contributed by atoms with Crippen LogP contribution in [0.25, 0.3) is 11.1 Å². The summed E-state index contributed by atoms with van der Waals surface area (Å²) < 4.78 is 5.52. The van der Waals surface area contributed by atoms with Crippen molar-refractivity contribution in [2.45, 2.75) is 13.3 Å². The fraction of sp³-hybridized carbons (Fsp3) is 0.200. The molecule has 1 heterocycles. The molecular formula is C15H15NO. The van der Waals surface area contributed by atoms with Gasteiger partial charge in [-0.05, 0) is 53.4 Å². The minimum Gasteiger partial charge on any atom is -0.493 e. The van der Waals surface area contributed by atoms with E-state index in [9.17, 15) is 0 Å². The summed E-state index contributed by atoms with van der Waals surface area (Å²) in [6.07, 6.45) is 1.00. The van der Waals surface area contributed by atoms with Gasteiger partial charge in [0.15, 0.2) is 0 Å². The van der Waals surface area contributed by atoms with Crippen LogP contribution in [0.2, 0.25) is 0 Å². The van der Waals surface area contributed by atoms with E-state index >= 15 is 0 Å². The number of benzene rings is 2. The highest BCUT2D eigenvalue weighted by molar-refractivity contribution is 5.72. The van der Waals surface area contributed by atoms with Crippen LogP contribution in [0.15, 0.2) is 36.4 Å². The minimum atomic E-state index is 0.800. The van der Waals surface area contributed by atoms with Crippen molar-refractivity contribution in [1.82, 2.24) is 0 Å². The molecule has 0 atom stereocenters. The van der Waals surface area contributed by atoms with Crippen molar-refractivity contribution in [2.24, 2.45) is 0 Å². The second kappa shape index (κ2) is 3.81. The molecule has 0 amide bonds. The van der Waals surface area contributed by atoms with Gasteiger partial charge >= 0.3 is 0 Å². The Bertz CT molecular complexity index is 575. The molecule has 1 aliphatic rings. The van der Waals surface area contributed by atoms with Crippen LogP contribution in [-0.2, 0) is 6.42 Å². The molecular weight excluding hydrogens is 210 g/mol. The Morgan fingerprint density at radius 1 is 1.12 bits per heavy atom. The smallest absolute Gasteiger partial charge is 0.122 e. The maximum Gasteiger partial charge on any atom is 0.122 e. The van der Waals surface area contributed by atoms with Crippen LogP contribution in [0, 0.1) is 6.92 Å². The lowest BCUT2D eigenvalue weighted by molar-refractivity contribution is 0.357. The number of rotatable bonds is 1. The summed E-state index contributed by atoms with van der Waals surface area (Å²) in [5, 5.41) is 0. The Morgan fingerprint density at radius 3 is 2.88 bits per heavy atom. The van der Waals surface area contributed by atoms with Gasteiger partial charge in [0, 0.05) is 12.1 Å². The lowest BCUT2D eigenvalue weighted by Gasteiger charge is -2.08. The number of hydrogen-bond acceptors (Lipinski definition) is 2. The Morgan fingerprint density at radius 2 is 2.00 bits per heavy atom. The molecule has 0 spiro atoms. The van der Waals surface area contributed by atoms with Crippen molar-refractivity contribution in [3.05, 3.63) is 47.5 Å². The third-order valence-corrected chi connectivity index (χ3v) is 3.26. The average Bonchev–Trinajstić information content (AvgIpc) is 2.79. The topological polar surface area (TPSA) is 35.2 Å². The van der Waals surface area contributed by atoms with E-state index in [1.165, 1.54) is 22.3 Å². The van der Waals surface area contributed by atoms with E-state index in [4.69, 9.17) is 10.5 Å². The summed E-state index contributed by atoms with van der Waals surface area (Å²) in [5.41, 5.74) is 11.6. The van der Waals surface area contributed by atoms with Crippen molar-refractivity contribution < 1.29 is 4.74 Å². The van der Waals surface area contributed by atoms with Gasteiger partial charge in [-0.1, -0.05) is 12.1 Å². The van der Waals surface area contributed by atoms with E-state index < -0.39 is 0 Å². The van der Waals surface area contributed by atoms with Gasteiger partial charge in [0.1, 0.15) is 5.75 Å². The predicted molar refractivity (Wildman–Crippen MR) is 70.2 cm³/mol. The first-order chi connectivity index (χ1) is 8.24. The molecule has 3 rings (SSSR count). The monoisotopic (exact) mass is 225 g/mol. The standard InChI is InChI=1S/C15H15NO/c1-10-2-4-13(16)9-14(10)11-3-5-15-12(8-11)6-7-17-15/h2-5,8-9H,6-7,16H2,1H3. The number of hydrogen-bond donors (Lipinski definition) is 1. The van der Waals surface area contributed by atoms with Gasteiger partial charge in [-0.3, -0.25) is 0 Å². The lowest BCUT2D eigenvalue weighted by Crippen LogP contribution is -1.89. The second-order valence-electron chi connectivity index (χ2n) is 4.50. The highest BCUT2D eigenvalue weighted by atomic mass is 16.5. The van der Waals surface area contributed by atoms with Gasteiger partial charge in [0.05, 0.1) is 6.61 Å². The van der Waals surface area contributed by atoms with E-state index in [0.717, 1.165) is 24.5 Å². The third-order valence-electron chi connectivity index (χ3n) is 3.26. The average molecular weight is 225 g/mol. The molecule has 2 N–H and O–H groups in total. The van der Waals surface area contributed by atoms with E-state index in [-0.39, 0.29) is 0 Å². The highest BCUT2D eigenvalue weighted by Crippen LogP contribution is 2.32. The zero-order valence-corrected chi connectivity index (χ0v) is 9.86. The summed E-state index contributed by atoms with van der Waals surface area (Å²) in [5.74, 6) is 1.02. The summed E-state index contributed by atoms with van der Waals surface area (Å²) in [6.45, 7) is 2.91. The number of aryl methyl sites for hydroxylation is 1. The van der Waals surface area contributed by atoms with Crippen LogP contribution in [-0.4, -0.2) is 6.61 Å². The molecule has 1 aliphatic heterocycles. The van der Waals surface area contributed by atoms with Crippen LogP contribution < -0.4 is 10.5 Å². The number of nitrogen functional groups attached to an aromatic ring is 1. The van der Waals surface area contributed by atoms with Gasteiger partial charge in [-0.15, -0.1) is 0 Å². The van der Waals surface area contributed by atoms with Crippen molar-refractivity contribution >= 4 is 5.69 Å². The van der Waals surface area contributed by atoms with Gasteiger partial charge < -0.3 is 10.5 Å². The summed E-state index contributed by atoms with van der Waals surface area (Å²) >= 11 is 0. The molecule has 2 aromatic carbocycles. The molecule has 0 fully saturated rings. The molecule has 2 aromatic rings. The highest BCUT2D eigenvalue weighted by Gasteiger charge is 2.13. The van der Waals surface area contributed by atoms with Gasteiger partial charge in [0.25, 0.3) is 0 Å². The molecule has 2 nitrogen and oxygen atoms in total. The number of anilines is 1. The number of nitrogens with two attached hydrogens (primary N) is 1. The maximum atomic E-state index is 5.85. The Hall–Kier alpha value is -1.96. The normalized spacial score (nSPS) is 13.2. The molecule has 2 heteroatoms. The fourth-order valence-electron chi connectivity index (χ4n) is 2.30. The largest absolute Gasteiger partial charge is 0.493 e. The quantitative estimate of drug-likeness (QED) is 0.756. The van der Waals surface area contributed by atoms with Crippen molar-refractivity contribution in [3.8, 4) is 16.9 Å². The van der Waals surface area contributed by atoms with Crippen LogP contribution in [0.5, 0.6) is 5.75 Å². The van der Waals surface area contributed by atoms with Crippen LogP contribution >= 0.6 is 0 Å². The van der Waals surface area contributed by atoms with E-state index in [1.807, 2.05) is 12.1 Å². The van der Waals surface area contributed by atoms with Gasteiger partial charge in [-0.25, -0.2) is 0 Å². The summed E-state index contributed by atoms with van der Waals surface area (Å²) in [7, 11) is 0. The van der Waals surface area contributed by atoms with Gasteiger partial charge in [0.2, 0.25) is 0 Å². The van der Waals surface area contributed by atoms with Crippen LogP contribution in [0.1, 0.15) is 11.1 Å². The van der Waals surface area contributed by atoms with Crippen LogP contribution in [0.4, 0.5) is 5.69 Å². The zero-order valence-electron chi connectivity index (χ0n) is 9.86. The molecule has 17 heavy (non-hydrogen) atoms. The molecule has 0 saturated heterocycles. The van der Waals surface area contributed by atoms with E-state index in [0.29, 0.717) is 0 Å². The van der Waals surface area contributed by atoms with E-state index in [2.05, 4.69) is 31.2 Å². The summed E-state index contributed by atoms with van der Waals surface area (Å²) in [6, 6.07) is 12.4.